The number of rotatable bonds is 37. The largest absolute Gasteiger partial charge is 0.480 e. The highest BCUT2D eigenvalue weighted by molar-refractivity contribution is 5.91. The first-order valence-corrected chi connectivity index (χ1v) is 19.9. The van der Waals surface area contributed by atoms with E-state index in [2.05, 4.69) is 16.0 Å². The van der Waals surface area contributed by atoms with Crippen LogP contribution in [0.4, 0.5) is 0 Å². The van der Waals surface area contributed by atoms with Gasteiger partial charge >= 0.3 is 11.9 Å². The van der Waals surface area contributed by atoms with Gasteiger partial charge in [-0.15, -0.1) is 0 Å². The van der Waals surface area contributed by atoms with Crippen LogP contribution in [0, 0.1) is 0 Å². The van der Waals surface area contributed by atoms with Gasteiger partial charge in [-0.2, -0.15) is 0 Å². The molecule has 54 heavy (non-hydrogen) atoms. The van der Waals surface area contributed by atoms with Crippen LogP contribution in [0.5, 0.6) is 0 Å². The van der Waals surface area contributed by atoms with E-state index in [0.29, 0.717) is 12.8 Å². The maximum absolute atomic E-state index is 12.4. The summed E-state index contributed by atoms with van der Waals surface area (Å²) in [4.78, 5) is 70.5. The van der Waals surface area contributed by atoms with Crippen LogP contribution in [0.15, 0.2) is 0 Å². The fourth-order valence-corrected chi connectivity index (χ4v) is 5.23. The van der Waals surface area contributed by atoms with Crippen molar-refractivity contribution in [2.75, 3.05) is 65.9 Å². The molecular formula is C39H71N3O12. The summed E-state index contributed by atoms with van der Waals surface area (Å²) in [5, 5.41) is 16.4. The number of Topliss-reactive ketones (excluding diaryl/α,β-unsaturated/α-hetero) is 1. The van der Waals surface area contributed by atoms with Crippen molar-refractivity contribution in [3.05, 3.63) is 0 Å². The number of ketones is 1. The summed E-state index contributed by atoms with van der Waals surface area (Å²) in [6.07, 6.45) is 16.5. The standard InChI is InChI=1S/C39H71N3O12/c1-32(43)33(29-35(45)40-21-23-50-25-27-52-30-36(46)41-22-24-51-26-28-53-31-37(47)48)42-34(44)19-17-15-13-11-9-7-5-6-8-10-12-14-16-18-20-38(49)54-39(2,3)4/h33H,5-31H2,1-4H3,(H,40,45)(H,41,46)(H,42,44)(H,47,48)/t33-/m0/s1. The smallest absolute Gasteiger partial charge is 0.329 e. The summed E-state index contributed by atoms with van der Waals surface area (Å²) in [6.45, 7) is 8.25. The minimum absolute atomic E-state index is 0.100. The third-order valence-electron chi connectivity index (χ3n) is 8.01. The normalized spacial score (nSPS) is 11.9. The molecule has 0 aliphatic carbocycles. The highest BCUT2D eigenvalue weighted by atomic mass is 16.6. The van der Waals surface area contributed by atoms with Crippen molar-refractivity contribution in [1.82, 2.24) is 16.0 Å². The predicted octanol–water partition coefficient (Wildman–Crippen LogP) is 4.42. The number of carboxylic acid groups (broad SMARTS) is 1. The van der Waals surface area contributed by atoms with Gasteiger partial charge in [0.15, 0.2) is 5.78 Å². The lowest BCUT2D eigenvalue weighted by Gasteiger charge is -2.19. The molecule has 0 radical (unpaired) electrons. The molecule has 0 spiro atoms. The maximum Gasteiger partial charge on any atom is 0.329 e. The quantitative estimate of drug-likeness (QED) is 0.0512. The van der Waals surface area contributed by atoms with Crippen LogP contribution < -0.4 is 16.0 Å². The SMILES string of the molecule is CC(=O)[C@H](CC(=O)NCCOCCOCC(=O)NCCOCCOCC(=O)O)NC(=O)CCCCCCCCCCCCCCCCC(=O)OC(C)(C)C. The minimum atomic E-state index is -1.05. The average Bonchev–Trinajstić information content (AvgIpc) is 3.09. The van der Waals surface area contributed by atoms with Crippen LogP contribution in [-0.2, 0) is 52.5 Å². The van der Waals surface area contributed by atoms with Crippen molar-refractivity contribution in [2.24, 2.45) is 0 Å². The monoisotopic (exact) mass is 774 g/mol. The van der Waals surface area contributed by atoms with Crippen LogP contribution in [0.2, 0.25) is 0 Å². The second-order valence-corrected chi connectivity index (χ2v) is 14.4. The van der Waals surface area contributed by atoms with Gasteiger partial charge < -0.3 is 44.7 Å². The Labute approximate surface area is 323 Å². The van der Waals surface area contributed by atoms with Gasteiger partial charge in [0.1, 0.15) is 18.8 Å². The van der Waals surface area contributed by atoms with Crippen LogP contribution in [0.25, 0.3) is 0 Å². The van der Waals surface area contributed by atoms with Crippen molar-refractivity contribution in [1.29, 1.82) is 0 Å². The highest BCUT2D eigenvalue weighted by Gasteiger charge is 2.20. The Morgan fingerprint density at radius 3 is 1.43 bits per heavy atom. The molecule has 15 heteroatoms. The number of unbranched alkanes of at least 4 members (excludes halogenated alkanes) is 13. The second kappa shape index (κ2) is 34.4. The van der Waals surface area contributed by atoms with E-state index in [0.717, 1.165) is 38.5 Å². The molecule has 0 aliphatic rings. The molecule has 0 aromatic rings. The van der Waals surface area contributed by atoms with E-state index in [-0.39, 0.29) is 102 Å². The molecular weight excluding hydrogens is 702 g/mol. The molecule has 0 rings (SSSR count). The van der Waals surface area contributed by atoms with Crippen LogP contribution in [0.1, 0.15) is 137 Å². The number of hydrogen-bond acceptors (Lipinski definition) is 11. The van der Waals surface area contributed by atoms with Crippen LogP contribution >= 0.6 is 0 Å². The summed E-state index contributed by atoms with van der Waals surface area (Å²) in [6, 6.07) is -0.869. The van der Waals surface area contributed by atoms with Gasteiger partial charge in [0, 0.05) is 25.9 Å². The molecule has 0 saturated heterocycles. The Bertz CT molecular complexity index is 1030. The van der Waals surface area contributed by atoms with E-state index in [4.69, 9.17) is 28.8 Å². The first kappa shape index (κ1) is 50.9. The van der Waals surface area contributed by atoms with Crippen molar-refractivity contribution in [2.45, 2.75) is 148 Å². The summed E-state index contributed by atoms with van der Waals surface area (Å²) in [5.41, 5.74) is -0.403. The summed E-state index contributed by atoms with van der Waals surface area (Å²) < 4.78 is 26.0. The lowest BCUT2D eigenvalue weighted by Crippen LogP contribution is -2.43. The number of esters is 1. The Kier molecular flexibility index (Phi) is 32.4. The van der Waals surface area contributed by atoms with Gasteiger partial charge in [-0.25, -0.2) is 4.79 Å². The molecule has 0 aromatic heterocycles. The van der Waals surface area contributed by atoms with E-state index in [1.54, 1.807) is 0 Å². The van der Waals surface area contributed by atoms with Gasteiger partial charge in [-0.1, -0.05) is 77.0 Å². The molecule has 0 saturated carbocycles. The van der Waals surface area contributed by atoms with Crippen molar-refractivity contribution in [3.8, 4) is 0 Å². The van der Waals surface area contributed by atoms with Crippen molar-refractivity contribution in [3.63, 3.8) is 0 Å². The molecule has 0 heterocycles. The third kappa shape index (κ3) is 37.2. The molecule has 1 atom stereocenters. The van der Waals surface area contributed by atoms with Crippen molar-refractivity contribution < 1.29 is 57.6 Å². The summed E-state index contributed by atoms with van der Waals surface area (Å²) in [5.74, 6) is -2.33. The Balaban J connectivity index is 3.68. The van der Waals surface area contributed by atoms with E-state index in [9.17, 15) is 28.8 Å². The summed E-state index contributed by atoms with van der Waals surface area (Å²) in [7, 11) is 0. The zero-order valence-corrected chi connectivity index (χ0v) is 33.6. The molecule has 0 aliphatic heterocycles. The molecule has 3 amide bonds. The van der Waals surface area contributed by atoms with Gasteiger partial charge in [0.25, 0.3) is 0 Å². The average molecular weight is 774 g/mol. The number of carbonyl (C=O) groups excluding carboxylic acids is 5. The van der Waals surface area contributed by atoms with Gasteiger partial charge in [0.05, 0.1) is 52.1 Å². The number of hydrogen-bond donors (Lipinski definition) is 4. The topological polar surface area (TPSA) is 205 Å². The number of carbonyl (C=O) groups is 6. The second-order valence-electron chi connectivity index (χ2n) is 14.4. The highest BCUT2D eigenvalue weighted by Crippen LogP contribution is 2.15. The zero-order chi connectivity index (χ0) is 40.3. The molecule has 4 N–H and O–H groups in total. The van der Waals surface area contributed by atoms with Crippen molar-refractivity contribution >= 4 is 35.4 Å². The number of carboxylic acids is 1. The fourth-order valence-electron chi connectivity index (χ4n) is 5.23. The number of aliphatic carboxylic acids is 1. The Morgan fingerprint density at radius 2 is 0.963 bits per heavy atom. The molecule has 0 aromatic carbocycles. The molecule has 0 fully saturated rings. The number of nitrogens with one attached hydrogen (secondary N) is 3. The van der Waals surface area contributed by atoms with E-state index < -0.39 is 17.6 Å². The number of ether oxygens (including phenoxy) is 5. The van der Waals surface area contributed by atoms with E-state index in [1.807, 2.05) is 20.8 Å². The zero-order valence-electron chi connectivity index (χ0n) is 33.6. The molecule has 314 valence electrons. The first-order chi connectivity index (χ1) is 25.8. The molecule has 0 unspecified atom stereocenters. The molecule has 0 bridgehead atoms. The minimum Gasteiger partial charge on any atom is -0.480 e. The van der Waals surface area contributed by atoms with E-state index in [1.165, 1.54) is 58.3 Å². The van der Waals surface area contributed by atoms with Gasteiger partial charge in [-0.05, 0) is 40.5 Å². The molecule has 15 nitrogen and oxygen atoms in total. The van der Waals surface area contributed by atoms with Crippen LogP contribution in [-0.4, -0.2) is 118 Å². The lowest BCUT2D eigenvalue weighted by atomic mass is 10.0. The fraction of sp³-hybridized carbons (Fsp3) is 0.846. The van der Waals surface area contributed by atoms with Gasteiger partial charge in [0.2, 0.25) is 17.7 Å². The summed E-state index contributed by atoms with van der Waals surface area (Å²) >= 11 is 0. The first-order valence-electron chi connectivity index (χ1n) is 19.9. The van der Waals surface area contributed by atoms with E-state index >= 15 is 0 Å². The third-order valence-corrected chi connectivity index (χ3v) is 8.01. The predicted molar refractivity (Wildman–Crippen MR) is 204 cm³/mol. The van der Waals surface area contributed by atoms with Gasteiger partial charge in [-0.3, -0.25) is 24.0 Å². The lowest BCUT2D eigenvalue weighted by molar-refractivity contribution is -0.155. The number of amides is 3. The Hall–Kier alpha value is -3.14. The maximum atomic E-state index is 12.4. The van der Waals surface area contributed by atoms with Crippen LogP contribution in [0.3, 0.4) is 0 Å². The Morgan fingerprint density at radius 1 is 0.537 bits per heavy atom.